The first kappa shape index (κ1) is 22.4. The lowest BCUT2D eigenvalue weighted by atomic mass is 10.1. The second-order valence-electron chi connectivity index (χ2n) is 6.69. The van der Waals surface area contributed by atoms with E-state index in [-0.39, 0.29) is 23.5 Å². The average Bonchev–Trinajstić information content (AvgIpc) is 2.80. The summed E-state index contributed by atoms with van der Waals surface area (Å²) in [7, 11) is 1.50. The predicted molar refractivity (Wildman–Crippen MR) is 119 cm³/mol. The van der Waals surface area contributed by atoms with E-state index in [1.807, 2.05) is 6.07 Å². The Morgan fingerprint density at radius 1 is 1.09 bits per heavy atom. The molecule has 0 saturated carbocycles. The molecule has 0 spiro atoms. The summed E-state index contributed by atoms with van der Waals surface area (Å²) in [6.07, 6.45) is 3.34. The molecule has 0 radical (unpaired) electrons. The zero-order valence-corrected chi connectivity index (χ0v) is 17.2. The van der Waals surface area contributed by atoms with Gasteiger partial charge in [0.1, 0.15) is 5.75 Å². The van der Waals surface area contributed by atoms with Crippen LogP contribution in [-0.2, 0) is 11.3 Å². The van der Waals surface area contributed by atoms with E-state index >= 15 is 0 Å². The number of hydrogen-bond acceptors (Lipinski definition) is 7. The van der Waals surface area contributed by atoms with Gasteiger partial charge in [-0.25, -0.2) is 0 Å². The molecule has 2 amide bonds. The molecular weight excluding hydrogens is 414 g/mol. The van der Waals surface area contributed by atoms with Crippen LogP contribution >= 0.6 is 0 Å². The van der Waals surface area contributed by atoms with E-state index in [1.54, 1.807) is 42.7 Å². The SMILES string of the molecule is COc1cccc(NC(=O)c2cc([N+](=O)[O-])ccc2NC(=O)CNCc2cccnc2)c1. The molecule has 164 valence electrons. The standard InChI is InChI=1S/C22H21N5O5/c1-32-18-6-2-5-16(10-18)25-22(29)19-11-17(27(30)31)7-8-20(19)26-21(28)14-24-13-15-4-3-9-23-12-15/h2-12,24H,13-14H2,1H3,(H,25,29)(H,26,28). The van der Waals surface area contributed by atoms with Gasteiger partial charge in [-0.2, -0.15) is 0 Å². The maximum Gasteiger partial charge on any atom is 0.270 e. The molecule has 32 heavy (non-hydrogen) atoms. The molecule has 1 aromatic heterocycles. The van der Waals surface area contributed by atoms with E-state index in [4.69, 9.17) is 4.74 Å². The number of pyridine rings is 1. The predicted octanol–water partition coefficient (Wildman–Crippen LogP) is 2.98. The minimum Gasteiger partial charge on any atom is -0.497 e. The first-order chi connectivity index (χ1) is 15.5. The monoisotopic (exact) mass is 435 g/mol. The molecule has 3 aromatic rings. The smallest absolute Gasteiger partial charge is 0.270 e. The Bertz CT molecular complexity index is 1120. The number of carbonyl (C=O) groups excluding carboxylic acids is 2. The second-order valence-corrected chi connectivity index (χ2v) is 6.69. The highest BCUT2D eigenvalue weighted by Gasteiger charge is 2.18. The first-order valence-corrected chi connectivity index (χ1v) is 9.59. The van der Waals surface area contributed by atoms with Crippen molar-refractivity contribution in [2.24, 2.45) is 0 Å². The molecule has 2 aromatic carbocycles. The van der Waals surface area contributed by atoms with E-state index in [1.165, 1.54) is 19.2 Å². The summed E-state index contributed by atoms with van der Waals surface area (Å²) in [6.45, 7) is 0.410. The van der Waals surface area contributed by atoms with Gasteiger partial charge in [0.25, 0.3) is 11.6 Å². The van der Waals surface area contributed by atoms with Crippen molar-refractivity contribution in [2.45, 2.75) is 6.54 Å². The molecule has 0 aliphatic heterocycles. The number of nitro benzene ring substituents is 1. The van der Waals surface area contributed by atoms with Crippen molar-refractivity contribution >= 4 is 28.9 Å². The van der Waals surface area contributed by atoms with Gasteiger partial charge in [0.15, 0.2) is 0 Å². The number of nitrogens with one attached hydrogen (secondary N) is 3. The summed E-state index contributed by atoms with van der Waals surface area (Å²) < 4.78 is 5.13. The molecule has 0 aliphatic rings. The zero-order chi connectivity index (χ0) is 22.9. The van der Waals surface area contributed by atoms with Crippen LogP contribution in [0.5, 0.6) is 5.75 Å². The van der Waals surface area contributed by atoms with Gasteiger partial charge in [0.05, 0.1) is 29.8 Å². The minimum atomic E-state index is -0.611. The molecule has 10 heteroatoms. The van der Waals surface area contributed by atoms with E-state index in [0.29, 0.717) is 18.0 Å². The van der Waals surface area contributed by atoms with Gasteiger partial charge in [-0.3, -0.25) is 24.7 Å². The van der Waals surface area contributed by atoms with Gasteiger partial charge in [0, 0.05) is 42.8 Å². The fraction of sp³-hybridized carbons (Fsp3) is 0.136. The van der Waals surface area contributed by atoms with Crippen LogP contribution in [0.4, 0.5) is 17.1 Å². The lowest BCUT2D eigenvalue weighted by Crippen LogP contribution is -2.28. The molecule has 0 fully saturated rings. The first-order valence-electron chi connectivity index (χ1n) is 9.59. The van der Waals surface area contributed by atoms with E-state index in [9.17, 15) is 19.7 Å². The van der Waals surface area contributed by atoms with E-state index < -0.39 is 16.7 Å². The summed E-state index contributed by atoms with van der Waals surface area (Å²) in [5, 5.41) is 19.4. The molecule has 0 bridgehead atoms. The molecule has 1 heterocycles. The Balaban J connectivity index is 1.72. The number of aromatic nitrogens is 1. The van der Waals surface area contributed by atoms with Gasteiger partial charge >= 0.3 is 0 Å². The number of methoxy groups -OCH3 is 1. The van der Waals surface area contributed by atoms with Crippen LogP contribution in [0.1, 0.15) is 15.9 Å². The van der Waals surface area contributed by atoms with Crippen molar-refractivity contribution in [1.29, 1.82) is 0 Å². The second kappa shape index (κ2) is 10.6. The summed E-state index contributed by atoms with van der Waals surface area (Å²) in [5.41, 5.74) is 1.20. The number of amides is 2. The number of rotatable bonds is 9. The van der Waals surface area contributed by atoms with Crippen molar-refractivity contribution in [3.63, 3.8) is 0 Å². The maximum atomic E-state index is 12.8. The number of benzene rings is 2. The number of ether oxygens (including phenoxy) is 1. The molecule has 0 aliphatic carbocycles. The number of anilines is 2. The highest BCUT2D eigenvalue weighted by molar-refractivity contribution is 6.10. The Morgan fingerprint density at radius 3 is 2.66 bits per heavy atom. The maximum absolute atomic E-state index is 12.8. The molecule has 3 N–H and O–H groups in total. The van der Waals surface area contributed by atoms with Crippen molar-refractivity contribution in [3.8, 4) is 5.75 Å². The number of non-ortho nitro benzene ring substituents is 1. The van der Waals surface area contributed by atoms with Crippen LogP contribution in [0.2, 0.25) is 0 Å². The van der Waals surface area contributed by atoms with Crippen molar-refractivity contribution in [3.05, 3.63) is 88.2 Å². The van der Waals surface area contributed by atoms with E-state index in [2.05, 4.69) is 20.9 Å². The quantitative estimate of drug-likeness (QED) is 0.347. The van der Waals surface area contributed by atoms with Crippen molar-refractivity contribution in [2.75, 3.05) is 24.3 Å². The Hall–Kier alpha value is -4.31. The van der Waals surface area contributed by atoms with Crippen LogP contribution in [0, 0.1) is 10.1 Å². The largest absolute Gasteiger partial charge is 0.497 e. The van der Waals surface area contributed by atoms with Crippen LogP contribution < -0.4 is 20.7 Å². The lowest BCUT2D eigenvalue weighted by Gasteiger charge is -2.12. The lowest BCUT2D eigenvalue weighted by molar-refractivity contribution is -0.384. The number of hydrogen-bond donors (Lipinski definition) is 3. The normalized spacial score (nSPS) is 10.3. The van der Waals surface area contributed by atoms with Crippen LogP contribution in [0.15, 0.2) is 67.0 Å². The fourth-order valence-corrected chi connectivity index (χ4v) is 2.86. The third-order valence-electron chi connectivity index (χ3n) is 4.40. The minimum absolute atomic E-state index is 0.0250. The molecule has 10 nitrogen and oxygen atoms in total. The summed E-state index contributed by atoms with van der Waals surface area (Å²) >= 11 is 0. The third-order valence-corrected chi connectivity index (χ3v) is 4.40. The highest BCUT2D eigenvalue weighted by Crippen LogP contribution is 2.24. The Kier molecular flexibility index (Phi) is 7.44. The molecular formula is C22H21N5O5. The van der Waals surface area contributed by atoms with Gasteiger partial charge in [-0.15, -0.1) is 0 Å². The Morgan fingerprint density at radius 2 is 1.94 bits per heavy atom. The Labute approximate surface area is 183 Å². The third kappa shape index (κ3) is 6.09. The topological polar surface area (TPSA) is 135 Å². The summed E-state index contributed by atoms with van der Waals surface area (Å²) in [6, 6.07) is 14.0. The van der Waals surface area contributed by atoms with Crippen molar-refractivity contribution < 1.29 is 19.2 Å². The zero-order valence-electron chi connectivity index (χ0n) is 17.2. The molecule has 0 saturated heterocycles. The van der Waals surface area contributed by atoms with Gasteiger partial charge < -0.3 is 20.7 Å². The fourth-order valence-electron chi connectivity index (χ4n) is 2.86. The highest BCUT2D eigenvalue weighted by atomic mass is 16.6. The van der Waals surface area contributed by atoms with Gasteiger partial charge in [0.2, 0.25) is 5.91 Å². The average molecular weight is 435 g/mol. The van der Waals surface area contributed by atoms with Crippen molar-refractivity contribution in [1.82, 2.24) is 10.3 Å². The van der Waals surface area contributed by atoms with E-state index in [0.717, 1.165) is 11.6 Å². The number of nitrogens with zero attached hydrogens (tertiary/aromatic N) is 2. The molecule has 3 rings (SSSR count). The number of carbonyl (C=O) groups is 2. The van der Waals surface area contributed by atoms with Crippen LogP contribution in [-0.4, -0.2) is 35.4 Å². The molecule has 0 unspecified atom stereocenters. The van der Waals surface area contributed by atoms with Crippen LogP contribution in [0.3, 0.4) is 0 Å². The summed E-state index contributed by atoms with van der Waals surface area (Å²) in [4.78, 5) is 39.8. The number of nitro groups is 1. The summed E-state index contributed by atoms with van der Waals surface area (Å²) in [5.74, 6) is -0.478. The van der Waals surface area contributed by atoms with Gasteiger partial charge in [-0.1, -0.05) is 12.1 Å². The van der Waals surface area contributed by atoms with Gasteiger partial charge in [-0.05, 0) is 29.8 Å². The van der Waals surface area contributed by atoms with Crippen LogP contribution in [0.25, 0.3) is 0 Å². The molecule has 0 atom stereocenters.